The number of nitrogens with zero attached hydrogens (tertiary/aromatic N) is 2. The molecule has 0 atom stereocenters. The van der Waals surface area contributed by atoms with Crippen LogP contribution in [0.25, 0.3) is 0 Å². The van der Waals surface area contributed by atoms with Gasteiger partial charge in [-0.1, -0.05) is 6.92 Å². The summed E-state index contributed by atoms with van der Waals surface area (Å²) in [5.41, 5.74) is -0.331. The van der Waals surface area contributed by atoms with Crippen molar-refractivity contribution >= 4 is 5.97 Å². The van der Waals surface area contributed by atoms with E-state index >= 15 is 0 Å². The molecule has 1 N–H and O–H groups in total. The van der Waals surface area contributed by atoms with Crippen molar-refractivity contribution in [2.75, 3.05) is 19.7 Å². The fourth-order valence-electron chi connectivity index (χ4n) is 1.87. The third kappa shape index (κ3) is 3.97. The van der Waals surface area contributed by atoms with Crippen LogP contribution in [0.15, 0.2) is 24.3 Å². The first-order valence-electron chi connectivity index (χ1n) is 6.53. The fraction of sp³-hybridized carbons (Fsp3) is 0.467. The Bertz CT molecular complexity index is 489. The maximum absolute atomic E-state index is 11.2. The predicted octanol–water partition coefficient (Wildman–Crippen LogP) is 2.12. The van der Waals surface area contributed by atoms with Crippen molar-refractivity contribution in [3.05, 3.63) is 29.8 Å². The van der Waals surface area contributed by atoms with Crippen LogP contribution in [0.1, 0.15) is 26.3 Å². The Hall–Kier alpha value is -2.06. The standard InChI is InChI=1S/C15H20N2O3/c1-4-17(15(2,3)14(18)19)9-10-20-13-7-5-12(11-16)6-8-13/h5-8H,4,9-10H2,1-3H3,(H,18,19). The second-order valence-corrected chi connectivity index (χ2v) is 4.93. The zero-order chi connectivity index (χ0) is 15.2. The number of likely N-dealkylation sites (N-methyl/N-ethyl adjacent to an activating group) is 1. The van der Waals surface area contributed by atoms with Gasteiger partial charge in [-0.3, -0.25) is 9.69 Å². The number of rotatable bonds is 7. The minimum absolute atomic E-state index is 0.399. The normalized spacial score (nSPS) is 11.2. The third-order valence-corrected chi connectivity index (χ3v) is 3.31. The molecular formula is C15H20N2O3. The summed E-state index contributed by atoms with van der Waals surface area (Å²) in [5.74, 6) is -0.175. The zero-order valence-corrected chi connectivity index (χ0v) is 12.1. The molecule has 1 aromatic carbocycles. The predicted molar refractivity (Wildman–Crippen MR) is 75.6 cm³/mol. The lowest BCUT2D eigenvalue weighted by Gasteiger charge is -2.33. The smallest absolute Gasteiger partial charge is 0.323 e. The highest BCUT2D eigenvalue weighted by molar-refractivity contribution is 5.77. The summed E-state index contributed by atoms with van der Waals surface area (Å²) in [6.45, 7) is 6.84. The first-order valence-corrected chi connectivity index (χ1v) is 6.53. The van der Waals surface area contributed by atoms with E-state index in [4.69, 9.17) is 10.00 Å². The van der Waals surface area contributed by atoms with E-state index in [0.717, 1.165) is 0 Å². The van der Waals surface area contributed by atoms with Crippen LogP contribution in [0.4, 0.5) is 0 Å². The van der Waals surface area contributed by atoms with Crippen molar-refractivity contribution in [3.8, 4) is 11.8 Å². The lowest BCUT2D eigenvalue weighted by molar-refractivity contribution is -0.149. The van der Waals surface area contributed by atoms with Gasteiger partial charge in [-0.25, -0.2) is 0 Å². The van der Waals surface area contributed by atoms with Gasteiger partial charge in [0.25, 0.3) is 0 Å². The number of hydrogen-bond acceptors (Lipinski definition) is 4. The van der Waals surface area contributed by atoms with E-state index in [2.05, 4.69) is 0 Å². The number of aliphatic carboxylic acids is 1. The minimum atomic E-state index is -0.914. The molecule has 0 aromatic heterocycles. The van der Waals surface area contributed by atoms with Crippen molar-refractivity contribution < 1.29 is 14.6 Å². The van der Waals surface area contributed by atoms with Gasteiger partial charge in [-0.15, -0.1) is 0 Å². The molecule has 20 heavy (non-hydrogen) atoms. The minimum Gasteiger partial charge on any atom is -0.492 e. The molecule has 0 bridgehead atoms. The van der Waals surface area contributed by atoms with Crippen LogP contribution in [-0.4, -0.2) is 41.2 Å². The Balaban J connectivity index is 2.53. The van der Waals surface area contributed by atoms with Crippen LogP contribution in [-0.2, 0) is 4.79 Å². The third-order valence-electron chi connectivity index (χ3n) is 3.31. The molecule has 0 saturated carbocycles. The van der Waals surface area contributed by atoms with E-state index in [-0.39, 0.29) is 0 Å². The molecule has 0 spiro atoms. The molecule has 0 heterocycles. The second-order valence-electron chi connectivity index (χ2n) is 4.93. The monoisotopic (exact) mass is 276 g/mol. The summed E-state index contributed by atoms with van der Waals surface area (Å²) in [6, 6.07) is 8.88. The highest BCUT2D eigenvalue weighted by Crippen LogP contribution is 2.15. The molecule has 0 aliphatic rings. The quantitative estimate of drug-likeness (QED) is 0.825. The molecule has 0 fully saturated rings. The number of carboxylic acids is 1. The zero-order valence-electron chi connectivity index (χ0n) is 12.1. The van der Waals surface area contributed by atoms with Gasteiger partial charge in [0.15, 0.2) is 0 Å². The van der Waals surface area contributed by atoms with Gasteiger partial charge in [0, 0.05) is 6.54 Å². The summed E-state index contributed by atoms with van der Waals surface area (Å²) in [7, 11) is 0. The number of carboxylic acid groups (broad SMARTS) is 1. The summed E-state index contributed by atoms with van der Waals surface area (Å²) in [6.07, 6.45) is 0. The molecule has 5 nitrogen and oxygen atoms in total. The molecular weight excluding hydrogens is 256 g/mol. The van der Waals surface area contributed by atoms with E-state index in [9.17, 15) is 9.90 Å². The summed E-state index contributed by atoms with van der Waals surface area (Å²) in [4.78, 5) is 13.1. The Morgan fingerprint density at radius 3 is 2.45 bits per heavy atom. The maximum Gasteiger partial charge on any atom is 0.323 e. The van der Waals surface area contributed by atoms with E-state index in [1.807, 2.05) is 17.9 Å². The van der Waals surface area contributed by atoms with Gasteiger partial charge in [0.05, 0.1) is 11.6 Å². The second kappa shape index (κ2) is 6.92. The number of carbonyl (C=O) groups is 1. The highest BCUT2D eigenvalue weighted by Gasteiger charge is 2.33. The van der Waals surface area contributed by atoms with Crippen LogP contribution in [0.2, 0.25) is 0 Å². The largest absolute Gasteiger partial charge is 0.492 e. The number of ether oxygens (including phenoxy) is 1. The Morgan fingerprint density at radius 1 is 1.40 bits per heavy atom. The highest BCUT2D eigenvalue weighted by atomic mass is 16.5. The van der Waals surface area contributed by atoms with Crippen LogP contribution >= 0.6 is 0 Å². The number of benzene rings is 1. The van der Waals surface area contributed by atoms with Gasteiger partial charge < -0.3 is 9.84 Å². The van der Waals surface area contributed by atoms with Gasteiger partial charge in [0.1, 0.15) is 17.9 Å². The van der Waals surface area contributed by atoms with Crippen molar-refractivity contribution in [3.63, 3.8) is 0 Å². The van der Waals surface area contributed by atoms with Crippen molar-refractivity contribution in [1.82, 2.24) is 4.90 Å². The summed E-state index contributed by atoms with van der Waals surface area (Å²) < 4.78 is 5.57. The maximum atomic E-state index is 11.2. The van der Waals surface area contributed by atoms with Crippen LogP contribution < -0.4 is 4.74 Å². The van der Waals surface area contributed by atoms with Crippen LogP contribution in [0.5, 0.6) is 5.75 Å². The molecule has 0 radical (unpaired) electrons. The van der Waals surface area contributed by atoms with Gasteiger partial charge >= 0.3 is 5.97 Å². The van der Waals surface area contributed by atoms with Crippen molar-refractivity contribution in [2.45, 2.75) is 26.3 Å². The molecule has 0 saturated heterocycles. The van der Waals surface area contributed by atoms with E-state index in [1.165, 1.54) is 0 Å². The van der Waals surface area contributed by atoms with E-state index in [1.54, 1.807) is 38.1 Å². The molecule has 0 unspecified atom stereocenters. The average molecular weight is 276 g/mol. The average Bonchev–Trinajstić information content (AvgIpc) is 2.43. The van der Waals surface area contributed by atoms with Gasteiger partial charge in [-0.2, -0.15) is 5.26 Å². The van der Waals surface area contributed by atoms with Crippen molar-refractivity contribution in [2.24, 2.45) is 0 Å². The number of hydrogen-bond donors (Lipinski definition) is 1. The van der Waals surface area contributed by atoms with Crippen molar-refractivity contribution in [1.29, 1.82) is 5.26 Å². The fourth-order valence-corrected chi connectivity index (χ4v) is 1.87. The SMILES string of the molecule is CCN(CCOc1ccc(C#N)cc1)C(C)(C)C(=O)O. The Morgan fingerprint density at radius 2 is 2.00 bits per heavy atom. The van der Waals surface area contributed by atoms with Gasteiger partial charge in [0.2, 0.25) is 0 Å². The molecule has 0 amide bonds. The topological polar surface area (TPSA) is 73.6 Å². The van der Waals surface area contributed by atoms with Crippen LogP contribution in [0, 0.1) is 11.3 Å². The van der Waals surface area contributed by atoms with Gasteiger partial charge in [-0.05, 0) is 44.7 Å². The van der Waals surface area contributed by atoms with E-state index < -0.39 is 11.5 Å². The Labute approximate surface area is 119 Å². The summed E-state index contributed by atoms with van der Waals surface area (Å²) in [5, 5.41) is 17.9. The first kappa shape index (κ1) is 16.0. The van der Waals surface area contributed by atoms with E-state index in [0.29, 0.717) is 31.0 Å². The lowest BCUT2D eigenvalue weighted by atomic mass is 10.0. The Kier molecular flexibility index (Phi) is 5.53. The van der Waals surface area contributed by atoms with Crippen LogP contribution in [0.3, 0.4) is 0 Å². The summed E-state index contributed by atoms with van der Waals surface area (Å²) >= 11 is 0. The molecule has 0 aliphatic carbocycles. The molecule has 1 aromatic rings. The molecule has 1 rings (SSSR count). The molecule has 0 aliphatic heterocycles. The lowest BCUT2D eigenvalue weighted by Crippen LogP contribution is -2.51. The molecule has 108 valence electrons. The number of nitriles is 1. The molecule has 5 heteroatoms. The first-order chi connectivity index (χ1) is 9.41.